The van der Waals surface area contributed by atoms with Crippen LogP contribution in [0.4, 0.5) is 4.79 Å². The summed E-state index contributed by atoms with van der Waals surface area (Å²) >= 11 is 0. The lowest BCUT2D eigenvalue weighted by atomic mass is 10.0. The van der Waals surface area contributed by atoms with Crippen LogP contribution in [-0.2, 0) is 19.1 Å². The molecular formula is C16H28N2O5. The highest BCUT2D eigenvalue weighted by atomic mass is 16.6. The fourth-order valence-corrected chi connectivity index (χ4v) is 2.53. The topological polar surface area (TPSA) is 84.9 Å². The second kappa shape index (κ2) is 7.66. The average molecular weight is 328 g/mol. The number of rotatable bonds is 5. The van der Waals surface area contributed by atoms with Crippen molar-refractivity contribution in [1.29, 1.82) is 0 Å². The number of ether oxygens (including phenoxy) is 2. The van der Waals surface area contributed by atoms with Crippen LogP contribution in [0.25, 0.3) is 0 Å². The Morgan fingerprint density at radius 1 is 1.35 bits per heavy atom. The molecule has 0 aromatic carbocycles. The van der Waals surface area contributed by atoms with Gasteiger partial charge in [0.1, 0.15) is 17.7 Å². The molecule has 2 atom stereocenters. The van der Waals surface area contributed by atoms with E-state index >= 15 is 0 Å². The van der Waals surface area contributed by atoms with Crippen LogP contribution in [0.3, 0.4) is 0 Å². The summed E-state index contributed by atoms with van der Waals surface area (Å²) in [5.74, 6) is -0.457. The second-order valence-electron chi connectivity index (χ2n) is 7.19. The van der Waals surface area contributed by atoms with Gasteiger partial charge < -0.3 is 19.7 Å². The molecule has 0 unspecified atom stereocenters. The Kier molecular flexibility index (Phi) is 6.41. The highest BCUT2D eigenvalue weighted by Gasteiger charge is 2.40. The monoisotopic (exact) mass is 328 g/mol. The predicted octanol–water partition coefficient (Wildman–Crippen LogP) is 1.70. The van der Waals surface area contributed by atoms with Crippen LogP contribution in [0.15, 0.2) is 0 Å². The molecule has 0 spiro atoms. The summed E-state index contributed by atoms with van der Waals surface area (Å²) in [6, 6.07) is -1.28. The quantitative estimate of drug-likeness (QED) is 0.777. The number of hydrogen-bond acceptors (Lipinski definition) is 5. The zero-order chi connectivity index (χ0) is 17.8. The molecular weight excluding hydrogens is 300 g/mol. The van der Waals surface area contributed by atoms with Crippen LogP contribution in [0, 0.1) is 5.92 Å². The van der Waals surface area contributed by atoms with E-state index in [0.717, 1.165) is 0 Å². The third-order valence-electron chi connectivity index (χ3n) is 3.47. The first-order valence-electron chi connectivity index (χ1n) is 7.93. The summed E-state index contributed by atoms with van der Waals surface area (Å²) in [6.07, 6.45) is 0.345. The first-order chi connectivity index (χ1) is 10.5. The molecule has 0 saturated carbocycles. The first kappa shape index (κ1) is 19.3. The molecule has 2 amide bonds. The lowest BCUT2D eigenvalue weighted by molar-refractivity contribution is -0.152. The maximum Gasteiger partial charge on any atom is 0.408 e. The minimum absolute atomic E-state index is 0.241. The highest BCUT2D eigenvalue weighted by Crippen LogP contribution is 2.21. The van der Waals surface area contributed by atoms with E-state index in [4.69, 9.17) is 9.47 Å². The van der Waals surface area contributed by atoms with Crippen LogP contribution < -0.4 is 5.32 Å². The largest absolute Gasteiger partial charge is 0.467 e. The first-order valence-corrected chi connectivity index (χ1v) is 7.93. The molecule has 23 heavy (non-hydrogen) atoms. The van der Waals surface area contributed by atoms with E-state index in [1.165, 1.54) is 12.0 Å². The van der Waals surface area contributed by atoms with Crippen molar-refractivity contribution in [3.63, 3.8) is 0 Å². The van der Waals surface area contributed by atoms with Crippen molar-refractivity contribution in [2.45, 2.75) is 65.1 Å². The van der Waals surface area contributed by atoms with Gasteiger partial charge in [0, 0.05) is 6.54 Å². The van der Waals surface area contributed by atoms with Crippen LogP contribution in [0.5, 0.6) is 0 Å². The number of amides is 2. The summed E-state index contributed by atoms with van der Waals surface area (Å²) in [5, 5.41) is 2.58. The number of hydrogen-bond donors (Lipinski definition) is 1. The molecule has 132 valence electrons. The molecule has 0 aromatic heterocycles. The number of carbonyl (C=O) groups excluding carboxylic acids is 3. The van der Waals surface area contributed by atoms with E-state index in [2.05, 4.69) is 5.32 Å². The number of alkyl carbamates (subject to hydrolysis) is 1. The van der Waals surface area contributed by atoms with E-state index in [9.17, 15) is 14.4 Å². The van der Waals surface area contributed by atoms with Gasteiger partial charge in [0.15, 0.2) is 0 Å². The van der Waals surface area contributed by atoms with Gasteiger partial charge in [-0.15, -0.1) is 0 Å². The molecule has 0 aliphatic carbocycles. The van der Waals surface area contributed by atoms with Crippen molar-refractivity contribution in [2.24, 2.45) is 5.92 Å². The number of likely N-dealkylation sites (tertiary alicyclic amines) is 1. The fraction of sp³-hybridized carbons (Fsp3) is 0.812. The lowest BCUT2D eigenvalue weighted by Gasteiger charge is -2.27. The van der Waals surface area contributed by atoms with Crippen LogP contribution in [-0.4, -0.2) is 54.2 Å². The van der Waals surface area contributed by atoms with Crippen LogP contribution in [0.2, 0.25) is 0 Å². The van der Waals surface area contributed by atoms with Gasteiger partial charge in [-0.05, 0) is 39.5 Å². The number of esters is 1. The zero-order valence-electron chi connectivity index (χ0n) is 14.8. The Bertz CT molecular complexity index is 456. The van der Waals surface area contributed by atoms with Gasteiger partial charge in [-0.25, -0.2) is 9.59 Å². The van der Waals surface area contributed by atoms with Gasteiger partial charge >= 0.3 is 12.1 Å². The van der Waals surface area contributed by atoms with Crippen molar-refractivity contribution in [3.8, 4) is 0 Å². The number of methoxy groups -OCH3 is 1. The molecule has 1 aliphatic rings. The minimum atomic E-state index is -0.663. The summed E-state index contributed by atoms with van der Waals surface area (Å²) < 4.78 is 9.98. The predicted molar refractivity (Wildman–Crippen MR) is 84.7 cm³/mol. The summed E-state index contributed by atoms with van der Waals surface area (Å²) in [6.45, 7) is 9.63. The van der Waals surface area contributed by atoms with E-state index < -0.39 is 29.7 Å². The van der Waals surface area contributed by atoms with Crippen LogP contribution in [0.1, 0.15) is 47.5 Å². The van der Waals surface area contributed by atoms with E-state index in [0.29, 0.717) is 19.4 Å². The van der Waals surface area contributed by atoms with Gasteiger partial charge in [0.05, 0.1) is 7.11 Å². The number of nitrogens with one attached hydrogen (secondary N) is 1. The number of carbonyl (C=O) groups is 3. The lowest BCUT2D eigenvalue weighted by Crippen LogP contribution is -2.48. The third-order valence-corrected chi connectivity index (χ3v) is 3.47. The Hall–Kier alpha value is -1.79. The summed E-state index contributed by atoms with van der Waals surface area (Å²) in [4.78, 5) is 37.8. The molecule has 7 heteroatoms. The molecule has 7 nitrogen and oxygen atoms in total. The molecule has 1 saturated heterocycles. The van der Waals surface area contributed by atoms with Crippen LogP contribution >= 0.6 is 0 Å². The van der Waals surface area contributed by atoms with Crippen molar-refractivity contribution in [1.82, 2.24) is 10.2 Å². The van der Waals surface area contributed by atoms with Crippen molar-refractivity contribution in [3.05, 3.63) is 0 Å². The Morgan fingerprint density at radius 2 is 1.96 bits per heavy atom. The van der Waals surface area contributed by atoms with Gasteiger partial charge in [-0.2, -0.15) is 0 Å². The molecule has 0 bridgehead atoms. The Labute approximate surface area is 137 Å². The van der Waals surface area contributed by atoms with Crippen molar-refractivity contribution >= 4 is 18.0 Å². The van der Waals surface area contributed by atoms with Crippen molar-refractivity contribution < 1.29 is 23.9 Å². The Morgan fingerprint density at radius 3 is 2.43 bits per heavy atom. The maximum atomic E-state index is 12.5. The molecule has 1 aliphatic heterocycles. The zero-order valence-corrected chi connectivity index (χ0v) is 14.8. The standard InChI is InChI=1S/C16H28N2O5/c1-10(2)9-12(14(20)22-6)18-8-7-11(13(18)19)17-15(21)23-16(3,4)5/h10-12H,7-9H2,1-6H3,(H,17,21)/t11-,12+/m1/s1. The second-order valence-corrected chi connectivity index (χ2v) is 7.19. The molecule has 1 heterocycles. The van der Waals surface area contributed by atoms with Gasteiger partial charge in [0.2, 0.25) is 5.91 Å². The molecule has 1 fully saturated rings. The molecule has 0 aromatic rings. The molecule has 1 N–H and O–H groups in total. The molecule has 0 radical (unpaired) electrons. The minimum Gasteiger partial charge on any atom is -0.467 e. The SMILES string of the molecule is COC(=O)[C@H](CC(C)C)N1CC[C@@H](NC(=O)OC(C)(C)C)C1=O. The smallest absolute Gasteiger partial charge is 0.408 e. The summed E-state index contributed by atoms with van der Waals surface area (Å²) in [5.41, 5.74) is -0.627. The van der Waals surface area contributed by atoms with E-state index in [1.807, 2.05) is 13.8 Å². The van der Waals surface area contributed by atoms with E-state index in [-0.39, 0.29) is 11.8 Å². The molecule has 1 rings (SSSR count). The highest BCUT2D eigenvalue weighted by molar-refractivity contribution is 5.91. The summed E-state index contributed by atoms with van der Waals surface area (Å²) in [7, 11) is 1.31. The van der Waals surface area contributed by atoms with Gasteiger partial charge in [0.25, 0.3) is 0 Å². The average Bonchev–Trinajstić information content (AvgIpc) is 2.74. The normalized spacial score (nSPS) is 19.7. The van der Waals surface area contributed by atoms with Gasteiger partial charge in [-0.1, -0.05) is 13.8 Å². The van der Waals surface area contributed by atoms with Crippen molar-refractivity contribution in [2.75, 3.05) is 13.7 Å². The maximum absolute atomic E-state index is 12.5. The Balaban J connectivity index is 2.73. The number of nitrogens with zero attached hydrogens (tertiary/aromatic N) is 1. The third kappa shape index (κ3) is 5.73. The van der Waals surface area contributed by atoms with Gasteiger partial charge in [-0.3, -0.25) is 4.79 Å². The van der Waals surface area contributed by atoms with E-state index in [1.54, 1.807) is 20.8 Å². The fourth-order valence-electron chi connectivity index (χ4n) is 2.53.